The van der Waals surface area contributed by atoms with Crippen LogP contribution in [0.5, 0.6) is 0 Å². The van der Waals surface area contributed by atoms with Gasteiger partial charge < -0.3 is 5.73 Å². The van der Waals surface area contributed by atoms with Crippen molar-refractivity contribution in [3.05, 3.63) is 17.5 Å². The van der Waals surface area contributed by atoms with Crippen LogP contribution in [-0.4, -0.2) is 33.8 Å². The first-order valence-corrected chi connectivity index (χ1v) is 7.11. The molecule has 102 valence electrons. The molecule has 1 aliphatic rings. The Hall–Kier alpha value is -0.870. The number of piperidine rings is 1. The zero-order valence-electron chi connectivity index (χ0n) is 11.9. The van der Waals surface area contributed by atoms with Crippen molar-refractivity contribution in [3.63, 3.8) is 0 Å². The zero-order valence-corrected chi connectivity index (χ0v) is 11.9. The summed E-state index contributed by atoms with van der Waals surface area (Å²) in [5.74, 6) is 0.667. The lowest BCUT2D eigenvalue weighted by Crippen LogP contribution is -2.43. The number of nitrogens with two attached hydrogens (primary N) is 1. The lowest BCUT2D eigenvalue weighted by Gasteiger charge is -2.37. The van der Waals surface area contributed by atoms with Gasteiger partial charge in [0, 0.05) is 25.7 Å². The smallest absolute Gasteiger partial charge is 0.0597 e. The molecule has 0 aromatic carbocycles. The average molecular weight is 250 g/mol. The third kappa shape index (κ3) is 2.93. The van der Waals surface area contributed by atoms with E-state index in [-0.39, 0.29) is 0 Å². The van der Waals surface area contributed by atoms with Crippen LogP contribution in [-0.2, 0) is 13.1 Å². The minimum absolute atomic E-state index is 0.660. The van der Waals surface area contributed by atoms with Crippen LogP contribution >= 0.6 is 0 Å². The Bertz CT molecular complexity index is 385. The van der Waals surface area contributed by atoms with Crippen molar-refractivity contribution in [2.24, 2.45) is 11.7 Å². The first kappa shape index (κ1) is 13.6. The number of aromatic nitrogens is 2. The molecule has 0 saturated carbocycles. The maximum atomic E-state index is 5.82. The molecule has 4 nitrogen and oxygen atoms in total. The summed E-state index contributed by atoms with van der Waals surface area (Å²) in [6, 6.07) is 2.87. The Balaban J connectivity index is 2.06. The van der Waals surface area contributed by atoms with Gasteiger partial charge in [-0.15, -0.1) is 0 Å². The van der Waals surface area contributed by atoms with Gasteiger partial charge >= 0.3 is 0 Å². The van der Waals surface area contributed by atoms with E-state index < -0.39 is 0 Å². The summed E-state index contributed by atoms with van der Waals surface area (Å²) in [7, 11) is 0. The van der Waals surface area contributed by atoms with Crippen LogP contribution in [0.3, 0.4) is 0 Å². The SMILES string of the molecule is CCn1nc(C)cc1CN1CC(CN)CCC1C. The molecule has 1 saturated heterocycles. The monoisotopic (exact) mass is 250 g/mol. The van der Waals surface area contributed by atoms with Crippen LogP contribution < -0.4 is 5.73 Å². The predicted octanol–water partition coefficient (Wildman–Crippen LogP) is 1.77. The Morgan fingerprint density at radius 3 is 2.89 bits per heavy atom. The molecular formula is C14H26N4. The standard InChI is InChI=1S/C14H26N4/c1-4-18-14(7-11(2)16-18)10-17-9-13(8-15)6-5-12(17)3/h7,12-13H,4-6,8-10,15H2,1-3H3. The van der Waals surface area contributed by atoms with Crippen molar-refractivity contribution in [1.29, 1.82) is 0 Å². The molecule has 2 rings (SSSR count). The Labute approximate surface area is 110 Å². The molecule has 0 amide bonds. The molecule has 1 fully saturated rings. The third-order valence-electron chi connectivity index (χ3n) is 4.09. The first-order chi connectivity index (χ1) is 8.63. The van der Waals surface area contributed by atoms with Gasteiger partial charge in [0.25, 0.3) is 0 Å². The van der Waals surface area contributed by atoms with Crippen LogP contribution in [0.15, 0.2) is 6.07 Å². The van der Waals surface area contributed by atoms with E-state index in [1.165, 1.54) is 18.5 Å². The normalized spacial score (nSPS) is 25.6. The fourth-order valence-corrected chi connectivity index (χ4v) is 2.88. The molecule has 1 aromatic rings. The number of hydrogen-bond acceptors (Lipinski definition) is 3. The molecule has 2 N–H and O–H groups in total. The van der Waals surface area contributed by atoms with E-state index in [9.17, 15) is 0 Å². The molecule has 1 aliphatic heterocycles. The second-order valence-corrected chi connectivity index (χ2v) is 5.55. The van der Waals surface area contributed by atoms with Gasteiger partial charge in [-0.2, -0.15) is 5.10 Å². The molecule has 0 aliphatic carbocycles. The van der Waals surface area contributed by atoms with Crippen LogP contribution in [0.4, 0.5) is 0 Å². The Morgan fingerprint density at radius 2 is 2.22 bits per heavy atom. The number of rotatable bonds is 4. The molecule has 1 aromatic heterocycles. The number of aryl methyl sites for hydroxylation is 2. The van der Waals surface area contributed by atoms with Gasteiger partial charge in [-0.05, 0) is 52.1 Å². The van der Waals surface area contributed by atoms with Crippen molar-refractivity contribution in [2.75, 3.05) is 13.1 Å². The Kier molecular flexibility index (Phi) is 4.40. The fourth-order valence-electron chi connectivity index (χ4n) is 2.88. The minimum atomic E-state index is 0.660. The summed E-state index contributed by atoms with van der Waals surface area (Å²) in [6.45, 7) is 10.4. The van der Waals surface area contributed by atoms with E-state index in [0.717, 1.165) is 31.9 Å². The summed E-state index contributed by atoms with van der Waals surface area (Å²) in [5.41, 5.74) is 8.27. The molecule has 2 unspecified atom stereocenters. The maximum Gasteiger partial charge on any atom is 0.0597 e. The average Bonchev–Trinajstić information content (AvgIpc) is 2.72. The van der Waals surface area contributed by atoms with Crippen molar-refractivity contribution in [2.45, 2.75) is 52.7 Å². The predicted molar refractivity (Wildman–Crippen MR) is 74.3 cm³/mol. The van der Waals surface area contributed by atoms with Crippen LogP contribution in [0, 0.1) is 12.8 Å². The zero-order chi connectivity index (χ0) is 13.1. The van der Waals surface area contributed by atoms with Gasteiger partial charge in [-0.3, -0.25) is 9.58 Å². The van der Waals surface area contributed by atoms with E-state index in [1.54, 1.807) is 0 Å². The third-order valence-corrected chi connectivity index (χ3v) is 4.09. The highest BCUT2D eigenvalue weighted by atomic mass is 15.3. The first-order valence-electron chi connectivity index (χ1n) is 7.11. The molecule has 0 bridgehead atoms. The van der Waals surface area contributed by atoms with E-state index in [0.29, 0.717) is 12.0 Å². The van der Waals surface area contributed by atoms with Gasteiger partial charge in [0.15, 0.2) is 0 Å². The van der Waals surface area contributed by atoms with Gasteiger partial charge in [-0.1, -0.05) is 0 Å². The van der Waals surface area contributed by atoms with E-state index in [2.05, 4.69) is 41.5 Å². The van der Waals surface area contributed by atoms with Gasteiger partial charge in [0.1, 0.15) is 0 Å². The molecule has 2 atom stereocenters. The number of hydrogen-bond donors (Lipinski definition) is 1. The van der Waals surface area contributed by atoms with Gasteiger partial charge in [0.2, 0.25) is 0 Å². The van der Waals surface area contributed by atoms with E-state index in [1.807, 2.05) is 0 Å². The Morgan fingerprint density at radius 1 is 1.44 bits per heavy atom. The van der Waals surface area contributed by atoms with Crippen molar-refractivity contribution < 1.29 is 0 Å². The summed E-state index contributed by atoms with van der Waals surface area (Å²) < 4.78 is 2.12. The van der Waals surface area contributed by atoms with Crippen molar-refractivity contribution in [1.82, 2.24) is 14.7 Å². The van der Waals surface area contributed by atoms with Crippen LogP contribution in [0.1, 0.15) is 38.1 Å². The molecule has 18 heavy (non-hydrogen) atoms. The van der Waals surface area contributed by atoms with Crippen molar-refractivity contribution >= 4 is 0 Å². The highest BCUT2D eigenvalue weighted by molar-refractivity contribution is 5.09. The van der Waals surface area contributed by atoms with Crippen LogP contribution in [0.25, 0.3) is 0 Å². The highest BCUT2D eigenvalue weighted by Gasteiger charge is 2.25. The summed E-state index contributed by atoms with van der Waals surface area (Å²) in [4.78, 5) is 2.56. The molecule has 4 heteroatoms. The van der Waals surface area contributed by atoms with E-state index in [4.69, 9.17) is 5.73 Å². The summed E-state index contributed by atoms with van der Waals surface area (Å²) >= 11 is 0. The number of nitrogens with zero attached hydrogens (tertiary/aromatic N) is 3. The fraction of sp³-hybridized carbons (Fsp3) is 0.786. The van der Waals surface area contributed by atoms with E-state index >= 15 is 0 Å². The van der Waals surface area contributed by atoms with Crippen LogP contribution in [0.2, 0.25) is 0 Å². The summed E-state index contributed by atoms with van der Waals surface area (Å²) in [6.07, 6.45) is 2.54. The van der Waals surface area contributed by atoms with Gasteiger partial charge in [0.05, 0.1) is 11.4 Å². The highest BCUT2D eigenvalue weighted by Crippen LogP contribution is 2.23. The lowest BCUT2D eigenvalue weighted by molar-refractivity contribution is 0.110. The maximum absolute atomic E-state index is 5.82. The molecule has 0 spiro atoms. The van der Waals surface area contributed by atoms with Crippen molar-refractivity contribution in [3.8, 4) is 0 Å². The lowest BCUT2D eigenvalue weighted by atomic mass is 9.93. The summed E-state index contributed by atoms with van der Waals surface area (Å²) in [5, 5.41) is 4.52. The molecular weight excluding hydrogens is 224 g/mol. The second kappa shape index (κ2) is 5.85. The second-order valence-electron chi connectivity index (χ2n) is 5.55. The minimum Gasteiger partial charge on any atom is -0.330 e. The molecule has 0 radical (unpaired) electrons. The largest absolute Gasteiger partial charge is 0.330 e. The topological polar surface area (TPSA) is 47.1 Å². The molecule has 2 heterocycles. The quantitative estimate of drug-likeness (QED) is 0.886. The van der Waals surface area contributed by atoms with Gasteiger partial charge in [-0.25, -0.2) is 0 Å². The number of likely N-dealkylation sites (tertiary alicyclic amines) is 1.